The largest absolute Gasteiger partial charge is 0.480 e. The number of hydrogen-bond donors (Lipinski definition) is 2. The van der Waals surface area contributed by atoms with Gasteiger partial charge in [0.05, 0.1) is 17.6 Å². The van der Waals surface area contributed by atoms with Gasteiger partial charge in [0.15, 0.2) is 0 Å². The van der Waals surface area contributed by atoms with E-state index in [1.54, 1.807) is 30.3 Å². The number of carboxylic acids is 1. The van der Waals surface area contributed by atoms with Crippen LogP contribution in [0.5, 0.6) is 0 Å². The Morgan fingerprint density at radius 2 is 2.05 bits per heavy atom. The molecule has 6 nitrogen and oxygen atoms in total. The summed E-state index contributed by atoms with van der Waals surface area (Å²) in [6, 6.07) is 9.11. The normalized spacial score (nSPS) is 12.6. The first-order valence-corrected chi connectivity index (χ1v) is 8.47. The molecule has 0 bridgehead atoms. The molecule has 20 heavy (non-hydrogen) atoms. The second-order valence-electron chi connectivity index (χ2n) is 3.93. The van der Waals surface area contributed by atoms with Crippen LogP contribution in [-0.2, 0) is 20.6 Å². The molecule has 0 unspecified atom stereocenters. The molecule has 0 fully saturated rings. The number of carbonyl (C=O) groups is 1. The molecule has 1 atom stereocenters. The van der Waals surface area contributed by atoms with E-state index in [2.05, 4.69) is 4.72 Å². The van der Waals surface area contributed by atoms with Crippen LogP contribution < -0.4 is 4.72 Å². The number of aliphatic carboxylic acids is 1. The number of benzene rings is 1. The van der Waals surface area contributed by atoms with Gasteiger partial charge in [0.1, 0.15) is 6.04 Å². The molecule has 0 aliphatic rings. The third-order valence-corrected chi connectivity index (χ3v) is 4.53. The van der Waals surface area contributed by atoms with Gasteiger partial charge in [0.25, 0.3) is 0 Å². The van der Waals surface area contributed by atoms with E-state index in [4.69, 9.17) is 10.4 Å². The van der Waals surface area contributed by atoms with Gasteiger partial charge >= 0.3 is 5.97 Å². The van der Waals surface area contributed by atoms with Crippen LogP contribution >= 0.6 is 11.8 Å². The van der Waals surface area contributed by atoms with Crippen molar-refractivity contribution in [3.05, 3.63) is 35.9 Å². The van der Waals surface area contributed by atoms with Gasteiger partial charge in [-0.2, -0.15) is 9.98 Å². The smallest absolute Gasteiger partial charge is 0.322 e. The van der Waals surface area contributed by atoms with E-state index >= 15 is 0 Å². The zero-order valence-corrected chi connectivity index (χ0v) is 12.2. The quantitative estimate of drug-likeness (QED) is 0.688. The van der Waals surface area contributed by atoms with E-state index in [0.29, 0.717) is 5.56 Å². The van der Waals surface area contributed by atoms with Gasteiger partial charge in [0, 0.05) is 5.75 Å². The summed E-state index contributed by atoms with van der Waals surface area (Å²) in [7, 11) is -3.74. The first-order valence-electron chi connectivity index (χ1n) is 5.66. The lowest BCUT2D eigenvalue weighted by atomic mass is 10.2. The van der Waals surface area contributed by atoms with Gasteiger partial charge < -0.3 is 5.11 Å². The molecule has 1 rings (SSSR count). The maximum atomic E-state index is 11.9. The fourth-order valence-corrected chi connectivity index (χ4v) is 3.54. The van der Waals surface area contributed by atoms with E-state index in [1.165, 1.54) is 0 Å². The first-order chi connectivity index (χ1) is 9.44. The molecular formula is C12H14N2O4S2. The van der Waals surface area contributed by atoms with Crippen molar-refractivity contribution < 1.29 is 18.3 Å². The predicted octanol–water partition coefficient (Wildman–Crippen LogP) is 0.816. The summed E-state index contributed by atoms with van der Waals surface area (Å²) in [5.41, 5.74) is 0.578. The Bertz CT molecular complexity index is 581. The van der Waals surface area contributed by atoms with Gasteiger partial charge in [-0.15, -0.1) is 11.8 Å². The van der Waals surface area contributed by atoms with E-state index in [-0.39, 0.29) is 17.3 Å². The minimum Gasteiger partial charge on any atom is -0.480 e. The molecule has 0 aliphatic heterocycles. The van der Waals surface area contributed by atoms with Crippen molar-refractivity contribution >= 4 is 27.8 Å². The van der Waals surface area contributed by atoms with Gasteiger partial charge in [-0.1, -0.05) is 30.3 Å². The lowest BCUT2D eigenvalue weighted by Crippen LogP contribution is -2.43. The Kier molecular flexibility index (Phi) is 6.51. The Balaban J connectivity index is 2.67. The van der Waals surface area contributed by atoms with E-state index in [0.717, 1.165) is 11.8 Å². The Hall–Kier alpha value is -1.56. The second kappa shape index (κ2) is 7.89. The molecule has 0 amide bonds. The molecule has 0 saturated carbocycles. The zero-order chi connectivity index (χ0) is 15.0. The summed E-state index contributed by atoms with van der Waals surface area (Å²) < 4.78 is 25.9. The number of carboxylic acid groups (broad SMARTS) is 1. The highest BCUT2D eigenvalue weighted by molar-refractivity contribution is 7.99. The number of sulfonamides is 1. The number of hydrogen-bond acceptors (Lipinski definition) is 5. The van der Waals surface area contributed by atoms with Crippen LogP contribution in [0.2, 0.25) is 0 Å². The molecule has 108 valence electrons. The molecule has 8 heteroatoms. The summed E-state index contributed by atoms with van der Waals surface area (Å²) in [6.45, 7) is 0. The molecule has 0 radical (unpaired) electrons. The molecule has 0 aromatic heterocycles. The van der Waals surface area contributed by atoms with Gasteiger partial charge in [-0.3, -0.25) is 4.79 Å². The summed E-state index contributed by atoms with van der Waals surface area (Å²) in [5.74, 6) is -1.41. The fourth-order valence-electron chi connectivity index (χ4n) is 1.43. The van der Waals surface area contributed by atoms with Crippen molar-refractivity contribution in [3.8, 4) is 6.07 Å². The average molecular weight is 314 g/mol. The van der Waals surface area contributed by atoms with E-state index < -0.39 is 22.0 Å². The maximum absolute atomic E-state index is 11.9. The SMILES string of the molecule is N#CCSC[C@H](NS(=O)(=O)Cc1ccccc1)C(=O)O. The molecule has 1 aromatic carbocycles. The maximum Gasteiger partial charge on any atom is 0.322 e. The third-order valence-electron chi connectivity index (χ3n) is 2.27. The lowest BCUT2D eigenvalue weighted by molar-refractivity contribution is -0.138. The molecular weight excluding hydrogens is 300 g/mol. The lowest BCUT2D eigenvalue weighted by Gasteiger charge is -2.13. The summed E-state index contributed by atoms with van der Waals surface area (Å²) in [4.78, 5) is 11.0. The second-order valence-corrected chi connectivity index (χ2v) is 6.71. The first kappa shape index (κ1) is 16.5. The summed E-state index contributed by atoms with van der Waals surface area (Å²) >= 11 is 1.07. The highest BCUT2D eigenvalue weighted by Crippen LogP contribution is 2.08. The van der Waals surface area contributed by atoms with Gasteiger partial charge in [-0.25, -0.2) is 8.42 Å². The van der Waals surface area contributed by atoms with Crippen LogP contribution in [0, 0.1) is 11.3 Å². The highest BCUT2D eigenvalue weighted by Gasteiger charge is 2.24. The molecule has 1 aromatic rings. The van der Waals surface area contributed by atoms with Crippen LogP contribution in [0.4, 0.5) is 0 Å². The molecule has 0 spiro atoms. The molecule has 0 saturated heterocycles. The van der Waals surface area contributed by atoms with Crippen LogP contribution in [0.25, 0.3) is 0 Å². The van der Waals surface area contributed by atoms with Crippen LogP contribution in [0.1, 0.15) is 5.56 Å². The number of rotatable bonds is 8. The predicted molar refractivity (Wildman–Crippen MR) is 76.6 cm³/mol. The monoisotopic (exact) mass is 314 g/mol. The minimum absolute atomic E-state index is 0.0108. The van der Waals surface area contributed by atoms with Crippen LogP contribution in [-0.4, -0.2) is 37.0 Å². The summed E-state index contributed by atoms with van der Waals surface area (Å²) in [5, 5.41) is 17.4. The van der Waals surface area contributed by atoms with Crippen LogP contribution in [0.15, 0.2) is 30.3 Å². The van der Waals surface area contributed by atoms with Gasteiger partial charge in [0.2, 0.25) is 10.0 Å². The fraction of sp³-hybridized carbons (Fsp3) is 0.333. The number of thioether (sulfide) groups is 1. The Morgan fingerprint density at radius 1 is 1.40 bits per heavy atom. The molecule has 0 heterocycles. The van der Waals surface area contributed by atoms with Crippen molar-refractivity contribution in [2.24, 2.45) is 0 Å². The van der Waals surface area contributed by atoms with Crippen molar-refractivity contribution in [2.45, 2.75) is 11.8 Å². The van der Waals surface area contributed by atoms with Crippen molar-refractivity contribution in [2.75, 3.05) is 11.5 Å². The zero-order valence-electron chi connectivity index (χ0n) is 10.5. The van der Waals surface area contributed by atoms with E-state index in [1.807, 2.05) is 6.07 Å². The number of nitriles is 1. The standard InChI is InChI=1S/C12H14N2O4S2/c13-6-7-19-8-11(12(15)16)14-20(17,18)9-10-4-2-1-3-5-10/h1-5,11,14H,7-9H2,(H,15,16)/t11-/m0/s1. The van der Waals surface area contributed by atoms with Gasteiger partial charge in [-0.05, 0) is 5.56 Å². The van der Waals surface area contributed by atoms with E-state index in [9.17, 15) is 13.2 Å². The minimum atomic E-state index is -3.74. The topological polar surface area (TPSA) is 107 Å². The van der Waals surface area contributed by atoms with Crippen molar-refractivity contribution in [3.63, 3.8) is 0 Å². The Labute approximate surface area is 121 Å². The number of nitrogens with one attached hydrogen (secondary N) is 1. The van der Waals surface area contributed by atoms with Crippen LogP contribution in [0.3, 0.4) is 0 Å². The molecule has 2 N–H and O–H groups in total. The average Bonchev–Trinajstić information content (AvgIpc) is 2.38. The third kappa shape index (κ3) is 6.06. The Morgan fingerprint density at radius 3 is 2.60 bits per heavy atom. The highest BCUT2D eigenvalue weighted by atomic mass is 32.2. The summed E-state index contributed by atoms with van der Waals surface area (Å²) in [6.07, 6.45) is 0. The van der Waals surface area contributed by atoms with Crippen molar-refractivity contribution in [1.29, 1.82) is 5.26 Å². The number of nitrogens with zero attached hydrogens (tertiary/aromatic N) is 1. The van der Waals surface area contributed by atoms with Crippen molar-refractivity contribution in [1.82, 2.24) is 4.72 Å². The molecule has 0 aliphatic carbocycles.